The average Bonchev–Trinajstić information content (AvgIpc) is 3.12. The van der Waals surface area contributed by atoms with Gasteiger partial charge in [-0.15, -0.1) is 0 Å². The van der Waals surface area contributed by atoms with Crippen LogP contribution in [0.2, 0.25) is 0 Å². The van der Waals surface area contributed by atoms with E-state index in [1.54, 1.807) is 7.11 Å². The van der Waals surface area contributed by atoms with Crippen molar-refractivity contribution in [1.82, 2.24) is 10.3 Å². The Kier molecular flexibility index (Phi) is 3.48. The second-order valence-electron chi connectivity index (χ2n) is 5.27. The lowest BCUT2D eigenvalue weighted by Gasteiger charge is -2.17. The van der Waals surface area contributed by atoms with Crippen LogP contribution in [0.25, 0.3) is 0 Å². The highest BCUT2D eigenvalue weighted by Crippen LogP contribution is 2.22. The molecule has 1 aliphatic carbocycles. The van der Waals surface area contributed by atoms with Gasteiger partial charge in [0.05, 0.1) is 6.10 Å². The van der Waals surface area contributed by atoms with Crippen LogP contribution in [0.5, 0.6) is 0 Å². The highest BCUT2D eigenvalue weighted by atomic mass is 16.5. The molecule has 0 amide bonds. The van der Waals surface area contributed by atoms with Gasteiger partial charge in [-0.2, -0.15) is 0 Å². The predicted molar refractivity (Wildman–Crippen MR) is 71.7 cm³/mol. The van der Waals surface area contributed by atoms with E-state index in [1.165, 1.54) is 18.4 Å². The van der Waals surface area contributed by atoms with Crippen molar-refractivity contribution in [2.75, 3.05) is 25.1 Å². The Hall–Kier alpha value is -1.13. The number of hydrogen-bond donors (Lipinski definition) is 1. The maximum absolute atomic E-state index is 5.40. The number of methoxy groups -OCH3 is 1. The molecular formula is C14H21N3O. The molecule has 0 radical (unpaired) electrons. The average molecular weight is 247 g/mol. The Balaban J connectivity index is 1.62. The summed E-state index contributed by atoms with van der Waals surface area (Å²) < 4.78 is 5.40. The third-order valence-corrected chi connectivity index (χ3v) is 3.78. The first-order valence-electron chi connectivity index (χ1n) is 6.81. The van der Waals surface area contributed by atoms with Crippen molar-refractivity contribution in [2.45, 2.75) is 38.0 Å². The van der Waals surface area contributed by atoms with Gasteiger partial charge in [-0.1, -0.05) is 0 Å². The van der Waals surface area contributed by atoms with E-state index >= 15 is 0 Å². The summed E-state index contributed by atoms with van der Waals surface area (Å²) in [4.78, 5) is 6.79. The van der Waals surface area contributed by atoms with Crippen LogP contribution in [0.1, 0.15) is 24.8 Å². The Morgan fingerprint density at radius 2 is 2.33 bits per heavy atom. The van der Waals surface area contributed by atoms with E-state index in [0.29, 0.717) is 6.10 Å². The van der Waals surface area contributed by atoms with Crippen LogP contribution >= 0.6 is 0 Å². The third kappa shape index (κ3) is 2.82. The van der Waals surface area contributed by atoms with Gasteiger partial charge in [0.25, 0.3) is 0 Å². The van der Waals surface area contributed by atoms with E-state index in [-0.39, 0.29) is 0 Å². The van der Waals surface area contributed by atoms with E-state index < -0.39 is 0 Å². The van der Waals surface area contributed by atoms with E-state index in [1.807, 2.05) is 6.20 Å². The lowest BCUT2D eigenvalue weighted by molar-refractivity contribution is 0.121. The van der Waals surface area contributed by atoms with E-state index in [0.717, 1.165) is 37.9 Å². The molecule has 1 saturated carbocycles. The van der Waals surface area contributed by atoms with Crippen molar-refractivity contribution >= 4 is 5.82 Å². The Bertz CT molecular complexity index is 406. The molecule has 2 heterocycles. The lowest BCUT2D eigenvalue weighted by Crippen LogP contribution is -2.23. The predicted octanol–water partition coefficient (Wildman–Crippen LogP) is 1.56. The van der Waals surface area contributed by atoms with Gasteiger partial charge in [0.15, 0.2) is 0 Å². The van der Waals surface area contributed by atoms with Gasteiger partial charge in [0, 0.05) is 39.0 Å². The van der Waals surface area contributed by atoms with Crippen LogP contribution < -0.4 is 10.2 Å². The molecule has 1 saturated heterocycles. The molecule has 2 aliphatic rings. The topological polar surface area (TPSA) is 37.4 Å². The fourth-order valence-electron chi connectivity index (χ4n) is 2.42. The molecule has 1 unspecified atom stereocenters. The van der Waals surface area contributed by atoms with Crippen LogP contribution in [-0.4, -0.2) is 37.3 Å². The second-order valence-corrected chi connectivity index (χ2v) is 5.27. The summed E-state index contributed by atoms with van der Waals surface area (Å²) in [7, 11) is 1.79. The number of pyridine rings is 1. The molecule has 0 bridgehead atoms. The van der Waals surface area contributed by atoms with E-state index in [4.69, 9.17) is 4.74 Å². The van der Waals surface area contributed by atoms with Gasteiger partial charge in [0.2, 0.25) is 0 Å². The van der Waals surface area contributed by atoms with Gasteiger partial charge < -0.3 is 15.0 Å². The van der Waals surface area contributed by atoms with Crippen LogP contribution in [0, 0.1) is 0 Å². The number of anilines is 1. The number of rotatable bonds is 5. The third-order valence-electron chi connectivity index (χ3n) is 3.78. The summed E-state index contributed by atoms with van der Waals surface area (Å²) >= 11 is 0. The minimum Gasteiger partial charge on any atom is -0.380 e. The first-order chi connectivity index (χ1) is 8.85. The maximum Gasteiger partial charge on any atom is 0.128 e. The molecule has 4 nitrogen and oxygen atoms in total. The fourth-order valence-corrected chi connectivity index (χ4v) is 2.42. The molecule has 3 rings (SSSR count). The summed E-state index contributed by atoms with van der Waals surface area (Å²) in [5.41, 5.74) is 1.33. The molecule has 1 aromatic rings. The second kappa shape index (κ2) is 5.24. The fraction of sp³-hybridized carbons (Fsp3) is 0.643. The molecule has 1 atom stereocenters. The molecule has 2 fully saturated rings. The summed E-state index contributed by atoms with van der Waals surface area (Å²) in [6.45, 7) is 2.97. The number of ether oxygens (including phenoxy) is 1. The molecule has 1 N–H and O–H groups in total. The summed E-state index contributed by atoms with van der Waals surface area (Å²) in [5.74, 6) is 1.09. The van der Waals surface area contributed by atoms with E-state index in [2.05, 4.69) is 27.3 Å². The number of nitrogens with one attached hydrogen (secondary N) is 1. The summed E-state index contributed by atoms with van der Waals surface area (Å²) in [6, 6.07) is 5.06. The maximum atomic E-state index is 5.40. The molecule has 1 aliphatic heterocycles. The molecule has 0 spiro atoms. The smallest absolute Gasteiger partial charge is 0.128 e. The Morgan fingerprint density at radius 1 is 1.44 bits per heavy atom. The molecule has 18 heavy (non-hydrogen) atoms. The summed E-state index contributed by atoms with van der Waals surface area (Å²) in [5, 5.41) is 3.54. The van der Waals surface area contributed by atoms with Crippen LogP contribution in [0.4, 0.5) is 5.82 Å². The minimum absolute atomic E-state index is 0.361. The highest BCUT2D eigenvalue weighted by Gasteiger charge is 2.23. The van der Waals surface area contributed by atoms with Gasteiger partial charge in [0.1, 0.15) is 5.82 Å². The van der Waals surface area contributed by atoms with Gasteiger partial charge in [-0.25, -0.2) is 4.98 Å². The number of hydrogen-bond acceptors (Lipinski definition) is 4. The first kappa shape index (κ1) is 11.9. The van der Waals surface area contributed by atoms with Crippen molar-refractivity contribution in [3.05, 3.63) is 23.9 Å². The monoisotopic (exact) mass is 247 g/mol. The van der Waals surface area contributed by atoms with Crippen molar-refractivity contribution in [2.24, 2.45) is 0 Å². The Labute approximate surface area is 108 Å². The van der Waals surface area contributed by atoms with Crippen LogP contribution in [0.3, 0.4) is 0 Å². The SMILES string of the molecule is COC1CCN(c2cc(CNC3CC3)ccn2)C1. The summed E-state index contributed by atoms with van der Waals surface area (Å²) in [6.07, 6.45) is 6.04. The molecular weight excluding hydrogens is 226 g/mol. The zero-order valence-corrected chi connectivity index (χ0v) is 10.9. The minimum atomic E-state index is 0.361. The number of aromatic nitrogens is 1. The van der Waals surface area contributed by atoms with Crippen LogP contribution in [-0.2, 0) is 11.3 Å². The Morgan fingerprint density at radius 3 is 3.06 bits per heavy atom. The molecule has 4 heteroatoms. The molecule has 98 valence electrons. The van der Waals surface area contributed by atoms with Crippen molar-refractivity contribution < 1.29 is 4.74 Å². The van der Waals surface area contributed by atoms with Crippen molar-refractivity contribution in [3.63, 3.8) is 0 Å². The quantitative estimate of drug-likeness (QED) is 0.857. The van der Waals surface area contributed by atoms with E-state index in [9.17, 15) is 0 Å². The molecule has 1 aromatic heterocycles. The number of nitrogens with zero attached hydrogens (tertiary/aromatic N) is 2. The van der Waals surface area contributed by atoms with Crippen molar-refractivity contribution in [1.29, 1.82) is 0 Å². The standard InChI is InChI=1S/C14H21N3O/c1-18-13-5-7-17(10-13)14-8-11(4-6-15-14)9-16-12-2-3-12/h4,6,8,12-13,16H,2-3,5,7,9-10H2,1H3. The van der Waals surface area contributed by atoms with Gasteiger partial charge in [-0.05, 0) is 37.0 Å². The normalized spacial score (nSPS) is 23.6. The van der Waals surface area contributed by atoms with Crippen molar-refractivity contribution in [3.8, 4) is 0 Å². The van der Waals surface area contributed by atoms with Gasteiger partial charge in [-0.3, -0.25) is 0 Å². The largest absolute Gasteiger partial charge is 0.380 e. The van der Waals surface area contributed by atoms with Gasteiger partial charge >= 0.3 is 0 Å². The highest BCUT2D eigenvalue weighted by molar-refractivity contribution is 5.42. The lowest BCUT2D eigenvalue weighted by atomic mass is 10.2. The van der Waals surface area contributed by atoms with Crippen LogP contribution in [0.15, 0.2) is 18.3 Å². The zero-order valence-electron chi connectivity index (χ0n) is 10.9. The zero-order chi connectivity index (χ0) is 12.4. The molecule has 0 aromatic carbocycles. The first-order valence-corrected chi connectivity index (χ1v) is 6.81.